The number of hydrogen-bond donors (Lipinski definition) is 0. The summed E-state index contributed by atoms with van der Waals surface area (Å²) in [5.41, 5.74) is 11.7. The Labute approximate surface area is 250 Å². The number of ketones is 1. The number of carbonyl (C=O) groups is 2. The highest BCUT2D eigenvalue weighted by molar-refractivity contribution is 6.25. The summed E-state index contributed by atoms with van der Waals surface area (Å²) in [4.78, 5) is 31.2. The summed E-state index contributed by atoms with van der Waals surface area (Å²) in [6, 6.07) is 27.5. The Morgan fingerprint density at radius 3 is 2.09 bits per heavy atom. The van der Waals surface area contributed by atoms with E-state index in [-0.39, 0.29) is 26.2 Å². The maximum Gasteiger partial charge on any atom is 0.410 e. The van der Waals surface area contributed by atoms with Crippen LogP contribution >= 0.6 is 0 Å². The van der Waals surface area contributed by atoms with Crippen molar-refractivity contribution in [2.24, 2.45) is 0 Å². The molecule has 0 aromatic heterocycles. The topological polar surface area (TPSA) is 120 Å². The fourth-order valence-corrected chi connectivity index (χ4v) is 5.40. The van der Waals surface area contributed by atoms with Crippen molar-refractivity contribution in [2.45, 2.75) is 76.5 Å². The molecule has 5 rings (SSSR count). The third-order valence-electron chi connectivity index (χ3n) is 7.34. The molecule has 0 spiro atoms. The van der Waals surface area contributed by atoms with E-state index in [1.54, 1.807) is 13.8 Å². The molecule has 224 valence electrons. The summed E-state index contributed by atoms with van der Waals surface area (Å²) in [5.74, 6) is -1.42. The van der Waals surface area contributed by atoms with Gasteiger partial charge in [0, 0.05) is 13.0 Å². The zero-order chi connectivity index (χ0) is 30.2. The molecule has 0 radical (unpaired) electrons. The zero-order valence-corrected chi connectivity index (χ0v) is 24.2. The van der Waals surface area contributed by atoms with E-state index in [1.807, 2.05) is 91.0 Å². The van der Waals surface area contributed by atoms with Gasteiger partial charge in [0.25, 0.3) is 0 Å². The fraction of sp³-hybridized carbons (Fsp3) is 0.364. The van der Waals surface area contributed by atoms with Crippen LogP contribution < -0.4 is 0 Å². The third-order valence-corrected chi connectivity index (χ3v) is 7.34. The van der Waals surface area contributed by atoms with Crippen LogP contribution in [0.5, 0.6) is 0 Å². The van der Waals surface area contributed by atoms with Crippen molar-refractivity contribution in [1.82, 2.24) is 4.90 Å². The molecule has 3 aromatic rings. The highest BCUT2D eigenvalue weighted by Gasteiger charge is 2.58. The number of amides is 1. The van der Waals surface area contributed by atoms with Crippen LogP contribution in [0.2, 0.25) is 0 Å². The number of nitrogens with zero attached hydrogens (tertiary/aromatic N) is 3. The van der Waals surface area contributed by atoms with Gasteiger partial charge in [-0.1, -0.05) is 91.0 Å². The molecule has 2 aliphatic rings. The Balaban J connectivity index is 1.48. The molecule has 10 nitrogen and oxygen atoms in total. The van der Waals surface area contributed by atoms with Crippen molar-refractivity contribution in [3.63, 3.8) is 0 Å². The molecular formula is C33H35N3O7. The van der Waals surface area contributed by atoms with Crippen LogP contribution in [0.1, 0.15) is 37.0 Å². The summed E-state index contributed by atoms with van der Waals surface area (Å²) in [6.07, 6.45) is -3.02. The fourth-order valence-electron chi connectivity index (χ4n) is 5.40. The van der Waals surface area contributed by atoms with Gasteiger partial charge in [0.15, 0.2) is 12.1 Å². The first-order valence-corrected chi connectivity index (χ1v) is 14.2. The molecule has 3 aromatic carbocycles. The highest BCUT2D eigenvalue weighted by Crippen LogP contribution is 2.41. The molecule has 0 saturated carbocycles. The van der Waals surface area contributed by atoms with Gasteiger partial charge in [0.1, 0.15) is 24.9 Å². The maximum absolute atomic E-state index is 13.8. The average molecular weight is 586 g/mol. The van der Waals surface area contributed by atoms with E-state index in [1.165, 1.54) is 4.90 Å². The Bertz CT molecular complexity index is 1410. The quantitative estimate of drug-likeness (QED) is 0.168. The van der Waals surface area contributed by atoms with E-state index in [0.29, 0.717) is 0 Å². The van der Waals surface area contributed by atoms with Gasteiger partial charge in [-0.2, -0.15) is 4.79 Å². The van der Waals surface area contributed by atoms with E-state index >= 15 is 0 Å². The average Bonchev–Trinajstić information content (AvgIpc) is 3.49. The summed E-state index contributed by atoms with van der Waals surface area (Å²) >= 11 is 0. The minimum Gasteiger partial charge on any atom is -0.445 e. The standard InChI is InChI=1S/C33H35N3O7/c1-33(2)42-30-29(39-21-24-14-8-4-9-15-24)28(41-31(30)43-33)27(18-26(37)19-35-34)36(20-23-12-6-3-7-13-23)32(38)40-22-25-16-10-5-11-17-25/h3-17,19,27-31H,18,20-22H2,1-2H3/t27-,28+,29-,30+,31+/m0/s1. The van der Waals surface area contributed by atoms with Gasteiger partial charge in [0.2, 0.25) is 5.78 Å². The Kier molecular flexibility index (Phi) is 9.76. The molecule has 2 fully saturated rings. The Morgan fingerprint density at radius 2 is 1.49 bits per heavy atom. The Hall–Kier alpha value is -4.18. The molecule has 5 atom stereocenters. The van der Waals surface area contributed by atoms with Gasteiger partial charge < -0.3 is 29.2 Å². The van der Waals surface area contributed by atoms with Crippen LogP contribution in [-0.2, 0) is 48.2 Å². The first-order chi connectivity index (χ1) is 20.8. The van der Waals surface area contributed by atoms with Crippen LogP contribution in [0.3, 0.4) is 0 Å². The summed E-state index contributed by atoms with van der Waals surface area (Å²) in [6.45, 7) is 3.98. The second-order valence-electron chi connectivity index (χ2n) is 11.0. The molecular weight excluding hydrogens is 550 g/mol. The normalized spacial score (nSPS) is 22.7. The maximum atomic E-state index is 13.8. The third kappa shape index (κ3) is 7.81. The number of fused-ring (bicyclic) bond motifs is 1. The lowest BCUT2D eigenvalue weighted by Gasteiger charge is -2.37. The van der Waals surface area contributed by atoms with Crippen molar-refractivity contribution in [3.8, 4) is 0 Å². The number of hydrogen-bond acceptors (Lipinski definition) is 7. The number of Topliss-reactive ketones (excluding diaryl/α,β-unsaturated/α-hetero) is 1. The molecule has 2 heterocycles. The van der Waals surface area contributed by atoms with E-state index in [2.05, 4.69) is 4.79 Å². The molecule has 1 amide bonds. The van der Waals surface area contributed by atoms with Gasteiger partial charge in [0.05, 0.1) is 12.6 Å². The first-order valence-electron chi connectivity index (χ1n) is 14.2. The lowest BCUT2D eigenvalue weighted by molar-refractivity contribution is -0.226. The van der Waals surface area contributed by atoms with Crippen molar-refractivity contribution in [2.75, 3.05) is 0 Å². The summed E-state index contributed by atoms with van der Waals surface area (Å²) in [7, 11) is 0. The minimum absolute atomic E-state index is 0.0366. The van der Waals surface area contributed by atoms with Crippen LogP contribution in [0.4, 0.5) is 4.79 Å². The van der Waals surface area contributed by atoms with Gasteiger partial charge in [-0.3, -0.25) is 9.69 Å². The molecule has 0 N–H and O–H groups in total. The number of carbonyl (C=O) groups excluding carboxylic acids is 2. The minimum atomic E-state index is -0.915. The summed E-state index contributed by atoms with van der Waals surface area (Å²) < 4.78 is 30.9. The van der Waals surface area contributed by atoms with Crippen molar-refractivity contribution in [3.05, 3.63) is 113 Å². The van der Waals surface area contributed by atoms with Crippen LogP contribution in [0, 0.1) is 0 Å². The second-order valence-corrected chi connectivity index (χ2v) is 11.0. The van der Waals surface area contributed by atoms with E-state index < -0.39 is 48.3 Å². The molecule has 0 aliphatic carbocycles. The van der Waals surface area contributed by atoms with Crippen LogP contribution in [-0.4, -0.2) is 64.2 Å². The molecule has 43 heavy (non-hydrogen) atoms. The van der Waals surface area contributed by atoms with Crippen molar-refractivity contribution < 1.29 is 38.1 Å². The SMILES string of the molecule is CC1(C)O[C@H]2O[C@H]([C@H](CC(=O)C=[N+]=[N-])N(Cc3ccccc3)C(=O)OCc3ccccc3)[C@H](OCc3ccccc3)[C@H]2O1. The number of ether oxygens (including phenoxy) is 5. The molecule has 10 heteroatoms. The highest BCUT2D eigenvalue weighted by atomic mass is 16.8. The van der Waals surface area contributed by atoms with Gasteiger partial charge >= 0.3 is 12.3 Å². The second kappa shape index (κ2) is 13.9. The van der Waals surface area contributed by atoms with Crippen molar-refractivity contribution in [1.29, 1.82) is 0 Å². The zero-order valence-electron chi connectivity index (χ0n) is 24.2. The smallest absolute Gasteiger partial charge is 0.410 e. The summed E-state index contributed by atoms with van der Waals surface area (Å²) in [5, 5.41) is 0. The predicted octanol–water partition coefficient (Wildman–Crippen LogP) is 4.92. The first kappa shape index (κ1) is 30.3. The monoisotopic (exact) mass is 585 g/mol. The molecule has 0 unspecified atom stereocenters. The van der Waals surface area contributed by atoms with E-state index in [9.17, 15) is 9.59 Å². The molecule has 2 aliphatic heterocycles. The lowest BCUT2D eigenvalue weighted by atomic mass is 9.96. The lowest BCUT2D eigenvalue weighted by Crippen LogP contribution is -2.53. The van der Waals surface area contributed by atoms with Crippen LogP contribution in [0.25, 0.3) is 5.53 Å². The van der Waals surface area contributed by atoms with Gasteiger partial charge in [-0.15, -0.1) is 0 Å². The van der Waals surface area contributed by atoms with Crippen molar-refractivity contribution >= 4 is 18.1 Å². The van der Waals surface area contributed by atoms with Gasteiger partial charge in [-0.05, 0) is 30.5 Å². The Morgan fingerprint density at radius 1 is 0.907 bits per heavy atom. The largest absolute Gasteiger partial charge is 0.445 e. The number of benzene rings is 3. The van der Waals surface area contributed by atoms with E-state index in [0.717, 1.165) is 22.9 Å². The number of rotatable bonds is 12. The van der Waals surface area contributed by atoms with E-state index in [4.69, 9.17) is 29.2 Å². The molecule has 0 bridgehead atoms. The van der Waals surface area contributed by atoms with Crippen LogP contribution in [0.15, 0.2) is 91.0 Å². The molecule has 2 saturated heterocycles. The predicted molar refractivity (Wildman–Crippen MR) is 155 cm³/mol. The van der Waals surface area contributed by atoms with Gasteiger partial charge in [-0.25, -0.2) is 4.79 Å².